The second-order valence-electron chi connectivity index (χ2n) is 7.49. The minimum Gasteiger partial charge on any atom is -0.340 e. The van der Waals surface area contributed by atoms with Crippen molar-refractivity contribution in [2.75, 3.05) is 11.9 Å². The van der Waals surface area contributed by atoms with Crippen LogP contribution in [-0.2, 0) is 10.3 Å². The molecule has 1 fully saturated rings. The molecule has 5 heteroatoms. The fourth-order valence-electron chi connectivity index (χ4n) is 3.43. The third kappa shape index (κ3) is 3.52. The van der Waals surface area contributed by atoms with Gasteiger partial charge in [0.1, 0.15) is 5.54 Å². The van der Waals surface area contributed by atoms with Crippen LogP contribution in [0.25, 0.3) is 0 Å². The number of anilines is 1. The van der Waals surface area contributed by atoms with Gasteiger partial charge < -0.3 is 14.8 Å². The number of likely N-dealkylation sites (tertiary alicyclic amines) is 1. The van der Waals surface area contributed by atoms with Gasteiger partial charge in [0, 0.05) is 25.0 Å². The van der Waals surface area contributed by atoms with Crippen LogP contribution in [-0.4, -0.2) is 33.9 Å². The van der Waals surface area contributed by atoms with E-state index < -0.39 is 5.54 Å². The highest BCUT2D eigenvalue weighted by Gasteiger charge is 2.31. The number of rotatable bonds is 4. The molecule has 1 unspecified atom stereocenters. The average Bonchev–Trinajstić information content (AvgIpc) is 3.17. The van der Waals surface area contributed by atoms with Gasteiger partial charge in [-0.3, -0.25) is 9.59 Å². The van der Waals surface area contributed by atoms with E-state index in [1.165, 1.54) is 0 Å². The Balaban J connectivity index is 1.83. The van der Waals surface area contributed by atoms with E-state index in [-0.39, 0.29) is 17.9 Å². The first kappa shape index (κ1) is 18.2. The van der Waals surface area contributed by atoms with Crippen molar-refractivity contribution in [1.29, 1.82) is 0 Å². The molecule has 0 radical (unpaired) electrons. The maximum atomic E-state index is 13.1. The van der Waals surface area contributed by atoms with E-state index in [1.807, 2.05) is 60.0 Å². The molecular formula is C21H27N3O2. The maximum absolute atomic E-state index is 13.1. The van der Waals surface area contributed by atoms with Crippen LogP contribution in [0.15, 0.2) is 48.8 Å². The molecule has 0 saturated carbocycles. The van der Waals surface area contributed by atoms with Gasteiger partial charge in [0.15, 0.2) is 0 Å². The molecule has 26 heavy (non-hydrogen) atoms. The molecule has 5 nitrogen and oxygen atoms in total. The SMILES string of the molecule is CC1CCCCN1C(=O)c1ccccc1NC(=O)C(C)(C)n1cccc1. The topological polar surface area (TPSA) is 54.3 Å². The summed E-state index contributed by atoms with van der Waals surface area (Å²) >= 11 is 0. The van der Waals surface area contributed by atoms with Crippen molar-refractivity contribution < 1.29 is 9.59 Å². The summed E-state index contributed by atoms with van der Waals surface area (Å²) in [5, 5.41) is 2.97. The molecule has 1 saturated heterocycles. The molecule has 0 bridgehead atoms. The van der Waals surface area contributed by atoms with Crippen LogP contribution in [0.2, 0.25) is 0 Å². The van der Waals surface area contributed by atoms with E-state index in [2.05, 4.69) is 12.2 Å². The number of amides is 2. The van der Waals surface area contributed by atoms with Crippen LogP contribution >= 0.6 is 0 Å². The number of nitrogens with zero attached hydrogens (tertiary/aromatic N) is 2. The van der Waals surface area contributed by atoms with E-state index in [4.69, 9.17) is 0 Å². The van der Waals surface area contributed by atoms with E-state index in [0.717, 1.165) is 25.8 Å². The lowest BCUT2D eigenvalue weighted by atomic mass is 10.0. The first-order chi connectivity index (χ1) is 12.4. The molecular weight excluding hydrogens is 326 g/mol. The molecule has 1 atom stereocenters. The normalized spacial score (nSPS) is 17.8. The van der Waals surface area contributed by atoms with Gasteiger partial charge in [0.2, 0.25) is 5.91 Å². The number of piperidine rings is 1. The van der Waals surface area contributed by atoms with Crippen molar-refractivity contribution in [2.45, 2.75) is 51.6 Å². The number of aromatic nitrogens is 1. The maximum Gasteiger partial charge on any atom is 0.256 e. The predicted octanol–water partition coefficient (Wildman–Crippen LogP) is 3.88. The van der Waals surface area contributed by atoms with Gasteiger partial charge in [-0.25, -0.2) is 0 Å². The molecule has 1 aromatic carbocycles. The number of hydrogen-bond donors (Lipinski definition) is 1. The van der Waals surface area contributed by atoms with Crippen molar-refractivity contribution in [3.63, 3.8) is 0 Å². The Morgan fingerprint density at radius 2 is 1.77 bits per heavy atom. The molecule has 3 rings (SSSR count). The molecule has 138 valence electrons. The molecule has 1 aliphatic heterocycles. The zero-order valence-electron chi connectivity index (χ0n) is 15.7. The fraction of sp³-hybridized carbons (Fsp3) is 0.429. The minimum absolute atomic E-state index is 0.00753. The summed E-state index contributed by atoms with van der Waals surface area (Å²) in [5.74, 6) is -0.160. The summed E-state index contributed by atoms with van der Waals surface area (Å²) in [6.07, 6.45) is 6.96. The van der Waals surface area contributed by atoms with E-state index in [9.17, 15) is 9.59 Å². The van der Waals surface area contributed by atoms with Gasteiger partial charge >= 0.3 is 0 Å². The lowest BCUT2D eigenvalue weighted by Gasteiger charge is -2.34. The van der Waals surface area contributed by atoms with Crippen molar-refractivity contribution >= 4 is 17.5 Å². The lowest BCUT2D eigenvalue weighted by Crippen LogP contribution is -2.43. The smallest absolute Gasteiger partial charge is 0.256 e. The van der Waals surface area contributed by atoms with Crippen LogP contribution < -0.4 is 5.32 Å². The van der Waals surface area contributed by atoms with Crippen LogP contribution in [0.1, 0.15) is 50.4 Å². The van der Waals surface area contributed by atoms with Gasteiger partial charge in [-0.2, -0.15) is 0 Å². The number of carbonyl (C=O) groups excluding carboxylic acids is 2. The third-order valence-electron chi connectivity index (χ3n) is 5.28. The highest BCUT2D eigenvalue weighted by atomic mass is 16.2. The standard InChI is InChI=1S/C21H27N3O2/c1-16-10-6-7-15-24(16)19(25)17-11-4-5-12-18(17)22-20(26)21(2,3)23-13-8-9-14-23/h4-5,8-9,11-14,16H,6-7,10,15H2,1-3H3,(H,22,26). The van der Waals surface area contributed by atoms with Crippen molar-refractivity contribution in [3.05, 3.63) is 54.4 Å². The number of para-hydroxylation sites is 1. The summed E-state index contributed by atoms with van der Waals surface area (Å²) in [4.78, 5) is 27.9. The van der Waals surface area contributed by atoms with Crippen molar-refractivity contribution in [1.82, 2.24) is 9.47 Å². The summed E-state index contributed by atoms with van der Waals surface area (Å²) in [6, 6.07) is 11.3. The molecule has 2 amide bonds. The number of carbonyl (C=O) groups is 2. The fourth-order valence-corrected chi connectivity index (χ4v) is 3.43. The lowest BCUT2D eigenvalue weighted by molar-refractivity contribution is -0.123. The zero-order chi connectivity index (χ0) is 18.7. The summed E-state index contributed by atoms with van der Waals surface area (Å²) in [5.41, 5.74) is 0.372. The molecule has 0 spiro atoms. The van der Waals surface area contributed by atoms with Gasteiger partial charge in [0.05, 0.1) is 11.3 Å². The third-order valence-corrected chi connectivity index (χ3v) is 5.28. The molecule has 0 aliphatic carbocycles. The van der Waals surface area contributed by atoms with Crippen molar-refractivity contribution in [3.8, 4) is 0 Å². The van der Waals surface area contributed by atoms with Crippen molar-refractivity contribution in [2.24, 2.45) is 0 Å². The number of nitrogens with one attached hydrogen (secondary N) is 1. The largest absolute Gasteiger partial charge is 0.340 e. The monoisotopic (exact) mass is 353 g/mol. The van der Waals surface area contributed by atoms with Gasteiger partial charge in [-0.05, 0) is 64.3 Å². The van der Waals surface area contributed by atoms with Gasteiger partial charge in [-0.15, -0.1) is 0 Å². The van der Waals surface area contributed by atoms with Gasteiger partial charge in [0.25, 0.3) is 5.91 Å². The Morgan fingerprint density at radius 1 is 1.08 bits per heavy atom. The van der Waals surface area contributed by atoms with Gasteiger partial charge in [-0.1, -0.05) is 12.1 Å². The molecule has 2 aromatic rings. The predicted molar refractivity (Wildman–Crippen MR) is 103 cm³/mol. The summed E-state index contributed by atoms with van der Waals surface area (Å²) in [7, 11) is 0. The first-order valence-corrected chi connectivity index (χ1v) is 9.26. The van der Waals surface area contributed by atoms with E-state index in [0.29, 0.717) is 11.3 Å². The zero-order valence-corrected chi connectivity index (χ0v) is 15.7. The highest BCUT2D eigenvalue weighted by Crippen LogP contribution is 2.25. The van der Waals surface area contributed by atoms with E-state index >= 15 is 0 Å². The molecule has 1 N–H and O–H groups in total. The number of hydrogen-bond acceptors (Lipinski definition) is 2. The van der Waals surface area contributed by atoms with Crippen LogP contribution in [0.4, 0.5) is 5.69 Å². The Hall–Kier alpha value is -2.56. The molecule has 1 aromatic heterocycles. The number of benzene rings is 1. The van der Waals surface area contributed by atoms with E-state index in [1.54, 1.807) is 12.1 Å². The summed E-state index contributed by atoms with van der Waals surface area (Å²) < 4.78 is 1.86. The van der Waals surface area contributed by atoms with Crippen LogP contribution in [0.3, 0.4) is 0 Å². The van der Waals surface area contributed by atoms with Crippen LogP contribution in [0.5, 0.6) is 0 Å². The molecule has 1 aliphatic rings. The Kier molecular flexibility index (Phi) is 5.16. The Morgan fingerprint density at radius 3 is 2.46 bits per heavy atom. The summed E-state index contributed by atoms with van der Waals surface area (Å²) in [6.45, 7) is 6.59. The highest BCUT2D eigenvalue weighted by molar-refractivity contribution is 6.05. The Labute approximate surface area is 155 Å². The van der Waals surface area contributed by atoms with Crippen LogP contribution in [0, 0.1) is 0 Å². The average molecular weight is 353 g/mol. The Bertz CT molecular complexity index is 780. The first-order valence-electron chi connectivity index (χ1n) is 9.26. The second kappa shape index (κ2) is 7.36. The minimum atomic E-state index is -0.752. The molecule has 2 heterocycles. The quantitative estimate of drug-likeness (QED) is 0.907. The second-order valence-corrected chi connectivity index (χ2v) is 7.49.